The van der Waals surface area contributed by atoms with Gasteiger partial charge in [-0.05, 0) is 73.9 Å². The van der Waals surface area contributed by atoms with Gasteiger partial charge in [0.2, 0.25) is 5.91 Å². The van der Waals surface area contributed by atoms with E-state index in [-0.39, 0.29) is 24.3 Å². The van der Waals surface area contributed by atoms with E-state index in [0.29, 0.717) is 25.1 Å². The summed E-state index contributed by atoms with van der Waals surface area (Å²) in [6, 6.07) is 8.51. The van der Waals surface area contributed by atoms with E-state index < -0.39 is 23.6 Å². The molecule has 2 heterocycles. The van der Waals surface area contributed by atoms with Crippen LogP contribution in [0.15, 0.2) is 48.8 Å². The fourth-order valence-electron chi connectivity index (χ4n) is 5.45. The normalized spacial score (nSPS) is 24.2. The molecule has 1 aliphatic carbocycles. The average molecular weight is 533 g/mol. The molecule has 0 spiro atoms. The van der Waals surface area contributed by atoms with Crippen molar-refractivity contribution in [3.63, 3.8) is 0 Å². The number of pyridine rings is 1. The van der Waals surface area contributed by atoms with Gasteiger partial charge in [0, 0.05) is 43.7 Å². The van der Waals surface area contributed by atoms with E-state index in [1.54, 1.807) is 0 Å². The zero-order chi connectivity index (χ0) is 27.1. The van der Waals surface area contributed by atoms with Gasteiger partial charge < -0.3 is 15.4 Å². The molecule has 2 fully saturated rings. The molecule has 2 aromatic rings. The maximum atomic E-state index is 12.9. The molecule has 0 radical (unpaired) electrons. The molecule has 1 saturated carbocycles. The zero-order valence-electron chi connectivity index (χ0n) is 21.5. The van der Waals surface area contributed by atoms with E-state index in [2.05, 4.69) is 32.7 Å². The molecule has 1 aromatic heterocycles. The van der Waals surface area contributed by atoms with E-state index >= 15 is 0 Å². The Balaban J connectivity index is 1.29. The Bertz CT molecular complexity index is 1070. The number of amides is 2. The molecule has 4 rings (SSSR count). The van der Waals surface area contributed by atoms with E-state index in [9.17, 15) is 22.8 Å². The molecule has 10 heteroatoms. The first-order valence-corrected chi connectivity index (χ1v) is 13.2. The summed E-state index contributed by atoms with van der Waals surface area (Å²) in [5, 5.41) is 5.40. The highest BCUT2D eigenvalue weighted by atomic mass is 19.4. The van der Waals surface area contributed by atoms with Crippen molar-refractivity contribution in [3.8, 4) is 0 Å². The molecule has 2 aliphatic rings. The standard InChI is InChI=1S/C28H35F3N4O3/c1-2-14-38-25-18-35(23-8-6-19(7-9-23)20-10-12-32-13-11-20)17-24(25)34-26(36)16-33-27(37)21-4-3-5-22(15-21)28(29,30)31/h3-5,10-13,15,19,23-25H,2,6-9,14,16-18H2,1H3,(H,33,37)(H,34,36)/t19?,23?,24-,25+/m0/s1. The van der Waals surface area contributed by atoms with Gasteiger partial charge in [-0.3, -0.25) is 19.5 Å². The van der Waals surface area contributed by atoms with Crippen LogP contribution in [-0.2, 0) is 15.7 Å². The predicted molar refractivity (Wildman–Crippen MR) is 137 cm³/mol. The molecule has 0 bridgehead atoms. The Morgan fingerprint density at radius 3 is 2.50 bits per heavy atom. The molecule has 38 heavy (non-hydrogen) atoms. The summed E-state index contributed by atoms with van der Waals surface area (Å²) in [5.74, 6) is -0.590. The number of hydrogen-bond acceptors (Lipinski definition) is 5. The number of nitrogens with zero attached hydrogens (tertiary/aromatic N) is 2. The van der Waals surface area contributed by atoms with Crippen molar-refractivity contribution < 1.29 is 27.5 Å². The summed E-state index contributed by atoms with van der Waals surface area (Å²) >= 11 is 0. The second kappa shape index (κ2) is 12.7. The molecule has 2 N–H and O–H groups in total. The Kier molecular flexibility index (Phi) is 9.38. The van der Waals surface area contributed by atoms with E-state index in [1.807, 2.05) is 19.3 Å². The number of alkyl halides is 3. The van der Waals surface area contributed by atoms with Crippen LogP contribution < -0.4 is 10.6 Å². The molecule has 1 saturated heterocycles. The van der Waals surface area contributed by atoms with Gasteiger partial charge in [-0.15, -0.1) is 0 Å². The minimum Gasteiger partial charge on any atom is -0.375 e. The van der Waals surface area contributed by atoms with Gasteiger partial charge >= 0.3 is 6.18 Å². The van der Waals surface area contributed by atoms with Gasteiger partial charge in [-0.25, -0.2) is 0 Å². The van der Waals surface area contributed by atoms with Crippen LogP contribution in [0.1, 0.15) is 66.4 Å². The number of ether oxygens (including phenoxy) is 1. The van der Waals surface area contributed by atoms with Crippen molar-refractivity contribution >= 4 is 11.8 Å². The van der Waals surface area contributed by atoms with Gasteiger partial charge in [-0.1, -0.05) is 13.0 Å². The van der Waals surface area contributed by atoms with Gasteiger partial charge in [0.05, 0.1) is 24.3 Å². The summed E-state index contributed by atoms with van der Waals surface area (Å²) in [5.41, 5.74) is 0.277. The number of hydrogen-bond donors (Lipinski definition) is 2. The topological polar surface area (TPSA) is 83.6 Å². The van der Waals surface area contributed by atoms with E-state index in [1.165, 1.54) is 17.7 Å². The summed E-state index contributed by atoms with van der Waals surface area (Å²) < 4.78 is 44.9. The third kappa shape index (κ3) is 7.32. The second-order valence-electron chi connectivity index (χ2n) is 10.1. The molecule has 7 nitrogen and oxygen atoms in total. The Morgan fingerprint density at radius 1 is 1.08 bits per heavy atom. The van der Waals surface area contributed by atoms with Gasteiger partial charge in [0.1, 0.15) is 0 Å². The van der Waals surface area contributed by atoms with E-state index in [4.69, 9.17) is 4.74 Å². The number of rotatable bonds is 9. The van der Waals surface area contributed by atoms with Crippen molar-refractivity contribution in [1.29, 1.82) is 0 Å². The smallest absolute Gasteiger partial charge is 0.375 e. The van der Waals surface area contributed by atoms with Gasteiger partial charge in [0.15, 0.2) is 0 Å². The maximum Gasteiger partial charge on any atom is 0.416 e. The molecular weight excluding hydrogens is 497 g/mol. The highest BCUT2D eigenvalue weighted by molar-refractivity contribution is 5.96. The predicted octanol–water partition coefficient (Wildman–Crippen LogP) is 4.15. The molecule has 206 valence electrons. The first kappa shape index (κ1) is 28.0. The lowest BCUT2D eigenvalue weighted by Gasteiger charge is -2.34. The van der Waals surface area contributed by atoms with E-state index in [0.717, 1.165) is 50.8 Å². The summed E-state index contributed by atoms with van der Waals surface area (Å²) in [4.78, 5) is 31.6. The number of likely N-dealkylation sites (tertiary alicyclic amines) is 1. The van der Waals surface area contributed by atoms with Crippen molar-refractivity contribution in [1.82, 2.24) is 20.5 Å². The Morgan fingerprint density at radius 2 is 1.82 bits per heavy atom. The molecular formula is C28H35F3N4O3. The number of benzene rings is 1. The summed E-state index contributed by atoms with van der Waals surface area (Å²) in [7, 11) is 0. The Labute approximate surface area is 221 Å². The zero-order valence-corrected chi connectivity index (χ0v) is 21.5. The largest absolute Gasteiger partial charge is 0.416 e. The summed E-state index contributed by atoms with van der Waals surface area (Å²) in [6.07, 6.45) is 4.18. The van der Waals surface area contributed by atoms with Crippen LogP contribution in [0.25, 0.3) is 0 Å². The SMILES string of the molecule is CCCO[C@@H]1CN(C2CCC(c3ccncc3)CC2)C[C@@H]1NC(=O)CNC(=O)c1cccc(C(F)(F)F)c1. The Hall–Kier alpha value is -2.98. The number of halogens is 3. The van der Waals surface area contributed by atoms with Crippen molar-refractivity contribution in [2.45, 2.75) is 69.3 Å². The monoisotopic (exact) mass is 532 g/mol. The lowest BCUT2D eigenvalue weighted by Crippen LogP contribution is -2.48. The minimum atomic E-state index is -4.55. The van der Waals surface area contributed by atoms with Crippen LogP contribution in [0, 0.1) is 0 Å². The number of carbonyl (C=O) groups is 2. The number of aromatic nitrogens is 1. The first-order valence-electron chi connectivity index (χ1n) is 13.2. The quantitative estimate of drug-likeness (QED) is 0.507. The molecule has 1 aromatic carbocycles. The summed E-state index contributed by atoms with van der Waals surface area (Å²) in [6.45, 7) is 3.68. The van der Waals surface area contributed by atoms with Crippen LogP contribution in [-0.4, -0.2) is 66.1 Å². The highest BCUT2D eigenvalue weighted by Gasteiger charge is 2.39. The molecule has 1 aliphatic heterocycles. The van der Waals surface area contributed by atoms with Crippen LogP contribution in [0.4, 0.5) is 13.2 Å². The number of carbonyl (C=O) groups excluding carboxylic acids is 2. The fourth-order valence-corrected chi connectivity index (χ4v) is 5.45. The fraction of sp³-hybridized carbons (Fsp3) is 0.536. The maximum absolute atomic E-state index is 12.9. The second-order valence-corrected chi connectivity index (χ2v) is 10.1. The third-order valence-corrected chi connectivity index (χ3v) is 7.43. The van der Waals surface area contributed by atoms with Crippen molar-refractivity contribution in [3.05, 3.63) is 65.5 Å². The van der Waals surface area contributed by atoms with Gasteiger partial charge in [-0.2, -0.15) is 13.2 Å². The van der Waals surface area contributed by atoms with Crippen molar-refractivity contribution in [2.24, 2.45) is 0 Å². The lowest BCUT2D eigenvalue weighted by molar-refractivity contribution is -0.137. The third-order valence-electron chi connectivity index (χ3n) is 7.43. The minimum absolute atomic E-state index is 0.147. The molecule has 2 amide bonds. The van der Waals surface area contributed by atoms with Crippen molar-refractivity contribution in [2.75, 3.05) is 26.2 Å². The van der Waals surface area contributed by atoms with Gasteiger partial charge in [0.25, 0.3) is 5.91 Å². The lowest BCUT2D eigenvalue weighted by atomic mass is 9.81. The molecule has 0 unspecified atom stereocenters. The van der Waals surface area contributed by atoms with Crippen LogP contribution in [0.5, 0.6) is 0 Å². The first-order chi connectivity index (χ1) is 18.2. The van der Waals surface area contributed by atoms with Crippen LogP contribution in [0.2, 0.25) is 0 Å². The number of nitrogens with one attached hydrogen (secondary N) is 2. The van der Waals surface area contributed by atoms with Crippen LogP contribution in [0.3, 0.4) is 0 Å². The average Bonchev–Trinajstić information content (AvgIpc) is 3.33. The van der Waals surface area contributed by atoms with Crippen LogP contribution >= 0.6 is 0 Å². The highest BCUT2D eigenvalue weighted by Crippen LogP contribution is 2.36. The molecule has 2 atom stereocenters.